The van der Waals surface area contributed by atoms with Gasteiger partial charge in [0.05, 0.1) is 0 Å². The van der Waals surface area contributed by atoms with Crippen molar-refractivity contribution < 1.29 is 4.79 Å². The molecule has 4 heteroatoms. The molecular formula is C17H17ClN2O. The van der Waals surface area contributed by atoms with Gasteiger partial charge in [0.1, 0.15) is 0 Å². The molecule has 3 rings (SSSR count). The maximum atomic E-state index is 12.8. The van der Waals surface area contributed by atoms with Crippen molar-refractivity contribution in [3.63, 3.8) is 0 Å². The van der Waals surface area contributed by atoms with E-state index < -0.39 is 0 Å². The summed E-state index contributed by atoms with van der Waals surface area (Å²) in [4.78, 5) is 14.6. The highest BCUT2D eigenvalue weighted by atomic mass is 35.5. The van der Waals surface area contributed by atoms with E-state index in [1.165, 1.54) is 5.56 Å². The Kier molecular flexibility index (Phi) is 3.38. The zero-order chi connectivity index (χ0) is 15.1. The van der Waals surface area contributed by atoms with Gasteiger partial charge in [0.25, 0.3) is 5.91 Å². The Balaban J connectivity index is 2.03. The van der Waals surface area contributed by atoms with Crippen molar-refractivity contribution in [1.29, 1.82) is 0 Å². The molecule has 0 saturated heterocycles. The molecule has 2 N–H and O–H groups in total. The van der Waals surface area contributed by atoms with Gasteiger partial charge in [0.2, 0.25) is 0 Å². The number of carbonyl (C=O) groups excluding carboxylic acids is 1. The highest BCUT2D eigenvalue weighted by molar-refractivity contribution is 6.32. The lowest BCUT2D eigenvalue weighted by atomic mass is 10.1. The largest absolute Gasteiger partial charge is 0.398 e. The monoisotopic (exact) mass is 300 g/mol. The zero-order valence-corrected chi connectivity index (χ0v) is 12.9. The number of carbonyl (C=O) groups is 1. The molecule has 0 aliphatic carbocycles. The Morgan fingerprint density at radius 2 is 2.05 bits per heavy atom. The van der Waals surface area contributed by atoms with Crippen LogP contribution < -0.4 is 10.6 Å². The summed E-state index contributed by atoms with van der Waals surface area (Å²) in [6, 6.07) is 9.40. The molecule has 0 fully saturated rings. The van der Waals surface area contributed by atoms with E-state index in [1.807, 2.05) is 32.0 Å². The molecule has 0 unspecified atom stereocenters. The van der Waals surface area contributed by atoms with Gasteiger partial charge in [-0.3, -0.25) is 4.79 Å². The highest BCUT2D eigenvalue weighted by Crippen LogP contribution is 2.33. The summed E-state index contributed by atoms with van der Waals surface area (Å²) in [6.07, 6.45) is 0.863. The molecule has 108 valence electrons. The predicted molar refractivity (Wildman–Crippen MR) is 87.2 cm³/mol. The summed E-state index contributed by atoms with van der Waals surface area (Å²) < 4.78 is 0. The topological polar surface area (TPSA) is 46.3 Å². The number of nitrogen functional groups attached to an aromatic ring is 1. The number of anilines is 2. The van der Waals surface area contributed by atoms with E-state index in [4.69, 9.17) is 17.3 Å². The van der Waals surface area contributed by atoms with Crippen molar-refractivity contribution in [2.24, 2.45) is 0 Å². The van der Waals surface area contributed by atoms with Gasteiger partial charge in [0.15, 0.2) is 0 Å². The molecule has 1 heterocycles. The summed E-state index contributed by atoms with van der Waals surface area (Å²) >= 11 is 6.12. The minimum atomic E-state index is -0.0167. The minimum absolute atomic E-state index is 0.0167. The smallest absolute Gasteiger partial charge is 0.258 e. The number of nitrogens with two attached hydrogens (primary N) is 1. The van der Waals surface area contributed by atoms with Crippen LogP contribution >= 0.6 is 11.6 Å². The number of nitrogens with zero attached hydrogens (tertiary/aromatic N) is 1. The fourth-order valence-electron chi connectivity index (χ4n) is 2.77. The lowest BCUT2D eigenvalue weighted by Gasteiger charge is -2.19. The van der Waals surface area contributed by atoms with Crippen LogP contribution in [-0.4, -0.2) is 12.5 Å². The van der Waals surface area contributed by atoms with E-state index >= 15 is 0 Å². The summed E-state index contributed by atoms with van der Waals surface area (Å²) in [5.41, 5.74) is 11.3. The van der Waals surface area contributed by atoms with Crippen LogP contribution in [0.5, 0.6) is 0 Å². The van der Waals surface area contributed by atoms with Crippen LogP contribution in [0.2, 0.25) is 5.02 Å². The van der Waals surface area contributed by atoms with Gasteiger partial charge in [0, 0.05) is 28.5 Å². The molecule has 3 nitrogen and oxygen atoms in total. The van der Waals surface area contributed by atoms with Crippen LogP contribution in [0, 0.1) is 13.8 Å². The van der Waals surface area contributed by atoms with Crippen LogP contribution in [-0.2, 0) is 6.42 Å². The summed E-state index contributed by atoms with van der Waals surface area (Å²) in [7, 11) is 0. The van der Waals surface area contributed by atoms with Crippen LogP contribution in [0.1, 0.15) is 27.0 Å². The standard InChI is InChI=1S/C17H17ClN2O/c1-10-8-12-6-7-20(16(12)9-15(10)19)17(21)13-4-3-5-14(18)11(13)2/h3-5,8-9H,6-7,19H2,1-2H3. The third-order valence-corrected chi connectivity index (χ3v) is 4.52. The van der Waals surface area contributed by atoms with Crippen molar-refractivity contribution in [2.45, 2.75) is 20.3 Å². The first kappa shape index (κ1) is 14.0. The molecule has 0 bridgehead atoms. The number of rotatable bonds is 1. The first-order valence-electron chi connectivity index (χ1n) is 6.95. The SMILES string of the molecule is Cc1cc2c(cc1N)N(C(=O)c1cccc(Cl)c1C)CC2. The molecule has 21 heavy (non-hydrogen) atoms. The molecule has 1 aliphatic heterocycles. The molecule has 1 aliphatic rings. The molecule has 1 amide bonds. The number of benzene rings is 2. The number of fused-ring (bicyclic) bond motifs is 1. The van der Waals surface area contributed by atoms with Crippen molar-refractivity contribution in [1.82, 2.24) is 0 Å². The van der Waals surface area contributed by atoms with Gasteiger partial charge < -0.3 is 10.6 Å². The first-order valence-corrected chi connectivity index (χ1v) is 7.33. The molecule has 2 aromatic carbocycles. The molecule has 2 aromatic rings. The molecular weight excluding hydrogens is 284 g/mol. The van der Waals surface area contributed by atoms with Gasteiger partial charge in [-0.05, 0) is 55.2 Å². The van der Waals surface area contributed by atoms with Crippen LogP contribution in [0.25, 0.3) is 0 Å². The van der Waals surface area contributed by atoms with Crippen LogP contribution in [0.4, 0.5) is 11.4 Å². The van der Waals surface area contributed by atoms with E-state index in [2.05, 4.69) is 6.07 Å². The lowest BCUT2D eigenvalue weighted by molar-refractivity contribution is 0.0989. The van der Waals surface area contributed by atoms with Gasteiger partial charge in [-0.15, -0.1) is 0 Å². The number of hydrogen-bond acceptors (Lipinski definition) is 2. The highest BCUT2D eigenvalue weighted by Gasteiger charge is 2.27. The van der Waals surface area contributed by atoms with Gasteiger partial charge >= 0.3 is 0 Å². The first-order chi connectivity index (χ1) is 9.99. The normalized spacial score (nSPS) is 13.4. The van der Waals surface area contributed by atoms with Crippen LogP contribution in [0.3, 0.4) is 0 Å². The number of halogens is 1. The third-order valence-electron chi connectivity index (χ3n) is 4.11. The summed E-state index contributed by atoms with van der Waals surface area (Å²) in [5, 5.41) is 0.615. The summed E-state index contributed by atoms with van der Waals surface area (Å²) in [5.74, 6) is -0.0167. The second-order valence-electron chi connectivity index (χ2n) is 5.46. The van der Waals surface area contributed by atoms with Crippen molar-refractivity contribution in [2.75, 3.05) is 17.2 Å². The zero-order valence-electron chi connectivity index (χ0n) is 12.1. The Labute approximate surface area is 129 Å². The average molecular weight is 301 g/mol. The molecule has 0 aromatic heterocycles. The molecule has 0 radical (unpaired) electrons. The Morgan fingerprint density at radius 3 is 2.81 bits per heavy atom. The van der Waals surface area contributed by atoms with Gasteiger partial charge in [-0.1, -0.05) is 23.7 Å². The van der Waals surface area contributed by atoms with E-state index in [0.29, 0.717) is 17.1 Å². The van der Waals surface area contributed by atoms with E-state index in [9.17, 15) is 4.79 Å². The Hall–Kier alpha value is -2.00. The molecule has 0 atom stereocenters. The summed E-state index contributed by atoms with van der Waals surface area (Å²) in [6.45, 7) is 4.54. The van der Waals surface area contributed by atoms with E-state index in [-0.39, 0.29) is 5.91 Å². The average Bonchev–Trinajstić information content (AvgIpc) is 2.84. The number of aryl methyl sites for hydroxylation is 1. The Bertz CT molecular complexity index is 740. The second-order valence-corrected chi connectivity index (χ2v) is 5.86. The van der Waals surface area contributed by atoms with Crippen LogP contribution in [0.15, 0.2) is 30.3 Å². The quantitative estimate of drug-likeness (QED) is 0.816. The maximum Gasteiger partial charge on any atom is 0.258 e. The predicted octanol–water partition coefficient (Wildman–Crippen LogP) is 3.74. The van der Waals surface area contributed by atoms with E-state index in [0.717, 1.165) is 28.9 Å². The molecule has 0 spiro atoms. The maximum absolute atomic E-state index is 12.8. The lowest BCUT2D eigenvalue weighted by Crippen LogP contribution is -2.29. The third kappa shape index (κ3) is 2.28. The van der Waals surface area contributed by atoms with Crippen molar-refractivity contribution in [3.05, 3.63) is 57.6 Å². The van der Waals surface area contributed by atoms with Gasteiger partial charge in [-0.2, -0.15) is 0 Å². The van der Waals surface area contributed by atoms with Crippen molar-refractivity contribution in [3.8, 4) is 0 Å². The minimum Gasteiger partial charge on any atom is -0.398 e. The Morgan fingerprint density at radius 1 is 1.29 bits per heavy atom. The fraction of sp³-hybridized carbons (Fsp3) is 0.235. The molecule has 0 saturated carbocycles. The van der Waals surface area contributed by atoms with E-state index in [1.54, 1.807) is 11.0 Å². The van der Waals surface area contributed by atoms with Crippen molar-refractivity contribution >= 4 is 28.9 Å². The van der Waals surface area contributed by atoms with Gasteiger partial charge in [-0.25, -0.2) is 0 Å². The number of hydrogen-bond donors (Lipinski definition) is 1. The fourth-order valence-corrected chi connectivity index (χ4v) is 2.95. The number of amides is 1. The second kappa shape index (κ2) is 5.08.